The molecule has 0 N–H and O–H groups in total. The van der Waals surface area contributed by atoms with E-state index in [-0.39, 0.29) is 31.1 Å². The molecule has 7 nitrogen and oxygen atoms in total. The van der Waals surface area contributed by atoms with E-state index in [1.807, 2.05) is 24.3 Å². The molecule has 1 atom stereocenters. The molecule has 142 valence electrons. The Hall–Kier alpha value is -2.12. The molecule has 0 saturated carbocycles. The Morgan fingerprint density at radius 2 is 2.08 bits per heavy atom. The number of ether oxygens (including phenoxy) is 3. The van der Waals surface area contributed by atoms with Gasteiger partial charge in [-0.15, -0.1) is 0 Å². The van der Waals surface area contributed by atoms with Crippen molar-refractivity contribution in [1.82, 2.24) is 9.80 Å². The van der Waals surface area contributed by atoms with Gasteiger partial charge in [-0.3, -0.25) is 9.59 Å². The first-order chi connectivity index (χ1) is 12.7. The SMILES string of the molecule is COc1ccc(CN2CCN(C(=O)COC[C@H]3CCCO3)CC2=O)cc1. The summed E-state index contributed by atoms with van der Waals surface area (Å²) in [5.74, 6) is 0.610. The van der Waals surface area contributed by atoms with Crippen LogP contribution in [-0.2, 0) is 25.6 Å². The summed E-state index contributed by atoms with van der Waals surface area (Å²) in [7, 11) is 1.62. The Kier molecular flexibility index (Phi) is 6.46. The molecular weight excluding hydrogens is 336 g/mol. The second-order valence-corrected chi connectivity index (χ2v) is 6.63. The van der Waals surface area contributed by atoms with E-state index in [2.05, 4.69) is 0 Å². The van der Waals surface area contributed by atoms with Crippen LogP contribution in [0.2, 0.25) is 0 Å². The summed E-state index contributed by atoms with van der Waals surface area (Å²) in [6, 6.07) is 7.65. The quantitative estimate of drug-likeness (QED) is 0.726. The van der Waals surface area contributed by atoms with Crippen molar-refractivity contribution in [2.24, 2.45) is 0 Å². The number of hydrogen-bond donors (Lipinski definition) is 0. The van der Waals surface area contributed by atoms with E-state index in [1.54, 1.807) is 16.9 Å². The van der Waals surface area contributed by atoms with Gasteiger partial charge in [-0.2, -0.15) is 0 Å². The molecule has 1 aromatic rings. The van der Waals surface area contributed by atoms with Crippen LogP contribution in [0.25, 0.3) is 0 Å². The number of nitrogens with zero attached hydrogens (tertiary/aromatic N) is 2. The van der Waals surface area contributed by atoms with Gasteiger partial charge >= 0.3 is 0 Å². The number of amides is 2. The van der Waals surface area contributed by atoms with E-state index in [4.69, 9.17) is 14.2 Å². The van der Waals surface area contributed by atoms with Crippen molar-refractivity contribution < 1.29 is 23.8 Å². The topological polar surface area (TPSA) is 68.3 Å². The Morgan fingerprint density at radius 1 is 1.27 bits per heavy atom. The zero-order chi connectivity index (χ0) is 18.4. The average Bonchev–Trinajstić information content (AvgIpc) is 3.17. The maximum atomic E-state index is 12.4. The van der Waals surface area contributed by atoms with E-state index >= 15 is 0 Å². The first-order valence-electron chi connectivity index (χ1n) is 9.03. The third-order valence-corrected chi connectivity index (χ3v) is 4.76. The highest BCUT2D eigenvalue weighted by atomic mass is 16.5. The van der Waals surface area contributed by atoms with Gasteiger partial charge in [-0.25, -0.2) is 0 Å². The lowest BCUT2D eigenvalue weighted by molar-refractivity contribution is -0.148. The lowest BCUT2D eigenvalue weighted by Gasteiger charge is -2.34. The normalized spacial score (nSPS) is 20.5. The van der Waals surface area contributed by atoms with Crippen LogP contribution in [0.4, 0.5) is 0 Å². The summed E-state index contributed by atoms with van der Waals surface area (Å²) in [5, 5.41) is 0. The molecule has 1 aromatic carbocycles. The third-order valence-electron chi connectivity index (χ3n) is 4.76. The van der Waals surface area contributed by atoms with Gasteiger partial charge in [0.05, 0.1) is 26.4 Å². The van der Waals surface area contributed by atoms with Crippen molar-refractivity contribution in [3.63, 3.8) is 0 Å². The average molecular weight is 362 g/mol. The van der Waals surface area contributed by atoms with Crippen LogP contribution in [0, 0.1) is 0 Å². The minimum Gasteiger partial charge on any atom is -0.497 e. The van der Waals surface area contributed by atoms with Crippen LogP contribution in [-0.4, -0.2) is 74.3 Å². The summed E-state index contributed by atoms with van der Waals surface area (Å²) in [6.07, 6.45) is 2.13. The number of benzene rings is 1. The Labute approximate surface area is 153 Å². The van der Waals surface area contributed by atoms with Crippen LogP contribution >= 0.6 is 0 Å². The van der Waals surface area contributed by atoms with Crippen LogP contribution in [0.5, 0.6) is 5.75 Å². The molecule has 0 aromatic heterocycles. The highest BCUT2D eigenvalue weighted by Gasteiger charge is 2.27. The molecule has 0 spiro atoms. The molecule has 3 rings (SSSR count). The molecule has 0 radical (unpaired) electrons. The number of piperazine rings is 1. The highest BCUT2D eigenvalue weighted by molar-refractivity contribution is 5.86. The zero-order valence-electron chi connectivity index (χ0n) is 15.2. The maximum Gasteiger partial charge on any atom is 0.249 e. The molecule has 2 aliphatic rings. The van der Waals surface area contributed by atoms with E-state index in [0.29, 0.717) is 26.2 Å². The summed E-state index contributed by atoms with van der Waals surface area (Å²) in [4.78, 5) is 27.9. The molecule has 2 aliphatic heterocycles. The van der Waals surface area contributed by atoms with Crippen molar-refractivity contribution in [3.05, 3.63) is 29.8 Å². The summed E-state index contributed by atoms with van der Waals surface area (Å²) in [5.41, 5.74) is 1.04. The Balaban J connectivity index is 1.41. The monoisotopic (exact) mass is 362 g/mol. The zero-order valence-corrected chi connectivity index (χ0v) is 15.2. The van der Waals surface area contributed by atoms with E-state index in [9.17, 15) is 9.59 Å². The van der Waals surface area contributed by atoms with E-state index in [1.165, 1.54) is 0 Å². The van der Waals surface area contributed by atoms with E-state index in [0.717, 1.165) is 30.8 Å². The predicted octanol–water partition coefficient (Wildman–Crippen LogP) is 1.06. The summed E-state index contributed by atoms with van der Waals surface area (Å²) < 4.78 is 16.1. The number of hydrogen-bond acceptors (Lipinski definition) is 5. The third kappa shape index (κ3) is 4.95. The fourth-order valence-corrected chi connectivity index (χ4v) is 3.18. The van der Waals surface area contributed by atoms with E-state index < -0.39 is 0 Å². The fraction of sp³-hybridized carbons (Fsp3) is 0.579. The molecule has 7 heteroatoms. The Morgan fingerprint density at radius 3 is 2.73 bits per heavy atom. The van der Waals surface area contributed by atoms with Crippen molar-refractivity contribution in [1.29, 1.82) is 0 Å². The lowest BCUT2D eigenvalue weighted by atomic mass is 10.2. The first kappa shape index (κ1) is 18.7. The van der Waals surface area contributed by atoms with Crippen molar-refractivity contribution in [2.45, 2.75) is 25.5 Å². The van der Waals surface area contributed by atoms with Crippen LogP contribution in [0.15, 0.2) is 24.3 Å². The first-order valence-corrected chi connectivity index (χ1v) is 9.03. The summed E-state index contributed by atoms with van der Waals surface area (Å²) in [6.45, 7) is 2.93. The van der Waals surface area contributed by atoms with Crippen molar-refractivity contribution in [2.75, 3.05) is 46.6 Å². The number of rotatable bonds is 7. The largest absolute Gasteiger partial charge is 0.497 e. The summed E-state index contributed by atoms with van der Waals surface area (Å²) >= 11 is 0. The smallest absolute Gasteiger partial charge is 0.249 e. The Bertz CT molecular complexity index is 613. The number of methoxy groups -OCH3 is 1. The molecule has 26 heavy (non-hydrogen) atoms. The van der Waals surface area contributed by atoms with Gasteiger partial charge in [-0.1, -0.05) is 12.1 Å². The number of carbonyl (C=O) groups excluding carboxylic acids is 2. The number of carbonyl (C=O) groups is 2. The van der Waals surface area contributed by atoms with Crippen molar-refractivity contribution in [3.8, 4) is 5.75 Å². The lowest BCUT2D eigenvalue weighted by Crippen LogP contribution is -2.52. The molecule has 0 aliphatic carbocycles. The van der Waals surface area contributed by atoms with Crippen LogP contribution in [0.3, 0.4) is 0 Å². The molecule has 0 unspecified atom stereocenters. The minimum absolute atomic E-state index is 0.00558. The molecule has 2 amide bonds. The van der Waals surface area contributed by atoms with Gasteiger partial charge in [-0.05, 0) is 30.5 Å². The predicted molar refractivity (Wildman–Crippen MR) is 94.8 cm³/mol. The molecule has 2 heterocycles. The molecular formula is C19H26N2O5. The second kappa shape index (κ2) is 9.00. The van der Waals surface area contributed by atoms with Gasteiger partial charge in [0.15, 0.2) is 0 Å². The molecule has 2 saturated heterocycles. The van der Waals surface area contributed by atoms with Gasteiger partial charge in [0.2, 0.25) is 11.8 Å². The van der Waals surface area contributed by atoms with Crippen LogP contribution in [0.1, 0.15) is 18.4 Å². The second-order valence-electron chi connectivity index (χ2n) is 6.63. The molecule has 2 fully saturated rings. The van der Waals surface area contributed by atoms with Crippen LogP contribution < -0.4 is 4.74 Å². The minimum atomic E-state index is -0.138. The van der Waals surface area contributed by atoms with Gasteiger partial charge in [0.1, 0.15) is 12.4 Å². The van der Waals surface area contributed by atoms with Crippen molar-refractivity contribution >= 4 is 11.8 Å². The standard InChI is InChI=1S/C19H26N2O5/c1-24-16-6-4-15(5-7-16)11-20-8-9-21(12-18(20)22)19(23)14-25-13-17-3-2-10-26-17/h4-7,17H,2-3,8-14H2,1H3/t17-/m1/s1. The van der Waals surface area contributed by atoms with Gasteiger partial charge in [0, 0.05) is 26.2 Å². The fourth-order valence-electron chi connectivity index (χ4n) is 3.18. The highest BCUT2D eigenvalue weighted by Crippen LogP contribution is 2.15. The van der Waals surface area contributed by atoms with Gasteiger partial charge < -0.3 is 24.0 Å². The maximum absolute atomic E-state index is 12.4. The van der Waals surface area contributed by atoms with Gasteiger partial charge in [0.25, 0.3) is 0 Å². The molecule has 0 bridgehead atoms.